The van der Waals surface area contributed by atoms with E-state index in [4.69, 9.17) is 10.5 Å². The van der Waals surface area contributed by atoms with Gasteiger partial charge in [0.25, 0.3) is 0 Å². The van der Waals surface area contributed by atoms with Crippen LogP contribution in [0.4, 0.5) is 0 Å². The summed E-state index contributed by atoms with van der Waals surface area (Å²) in [6.07, 6.45) is 0. The van der Waals surface area contributed by atoms with Crippen molar-refractivity contribution in [1.82, 2.24) is 4.90 Å². The minimum absolute atomic E-state index is 0.149. The standard InChI is InChI=1S/C17H24N2O/c1-12(2)19(3)15(11-18)17-14-8-6-5-7-13(14)9-10-16(17)20-4/h5-10,12,15H,11,18H2,1-4H3. The number of hydrogen-bond acceptors (Lipinski definition) is 3. The summed E-state index contributed by atoms with van der Waals surface area (Å²) in [7, 11) is 3.83. The van der Waals surface area contributed by atoms with E-state index in [2.05, 4.69) is 56.1 Å². The van der Waals surface area contributed by atoms with Crippen LogP contribution in [0.15, 0.2) is 36.4 Å². The first-order valence-electron chi connectivity index (χ1n) is 7.07. The molecule has 2 rings (SSSR count). The van der Waals surface area contributed by atoms with Crippen LogP contribution in [0.3, 0.4) is 0 Å². The lowest BCUT2D eigenvalue weighted by Gasteiger charge is -2.32. The van der Waals surface area contributed by atoms with E-state index in [0.29, 0.717) is 12.6 Å². The smallest absolute Gasteiger partial charge is 0.124 e. The lowest BCUT2D eigenvalue weighted by Crippen LogP contribution is -2.35. The van der Waals surface area contributed by atoms with Crippen molar-refractivity contribution >= 4 is 10.8 Å². The molecule has 0 amide bonds. The molecule has 1 unspecified atom stereocenters. The maximum absolute atomic E-state index is 6.06. The Morgan fingerprint density at radius 3 is 2.45 bits per heavy atom. The third-order valence-electron chi connectivity index (χ3n) is 4.01. The molecule has 2 aromatic rings. The molecule has 3 nitrogen and oxygen atoms in total. The van der Waals surface area contributed by atoms with Crippen molar-refractivity contribution in [2.24, 2.45) is 5.73 Å². The fourth-order valence-corrected chi connectivity index (χ4v) is 2.64. The second-order valence-electron chi connectivity index (χ2n) is 5.41. The average molecular weight is 272 g/mol. The molecule has 0 bridgehead atoms. The molecule has 0 saturated carbocycles. The zero-order valence-corrected chi connectivity index (χ0v) is 12.8. The molecule has 1 atom stereocenters. The highest BCUT2D eigenvalue weighted by molar-refractivity contribution is 5.88. The summed E-state index contributed by atoms with van der Waals surface area (Å²) in [6.45, 7) is 4.93. The fraction of sp³-hybridized carbons (Fsp3) is 0.412. The summed E-state index contributed by atoms with van der Waals surface area (Å²) in [5, 5.41) is 2.44. The Bertz CT molecular complexity index is 580. The third-order valence-corrected chi connectivity index (χ3v) is 4.01. The highest BCUT2D eigenvalue weighted by atomic mass is 16.5. The summed E-state index contributed by atoms with van der Waals surface area (Å²) in [6, 6.07) is 13.1. The van der Waals surface area contributed by atoms with Crippen LogP contribution < -0.4 is 10.5 Å². The molecule has 20 heavy (non-hydrogen) atoms. The lowest BCUT2D eigenvalue weighted by molar-refractivity contribution is 0.198. The maximum Gasteiger partial charge on any atom is 0.124 e. The van der Waals surface area contributed by atoms with Crippen molar-refractivity contribution in [3.05, 3.63) is 42.0 Å². The third kappa shape index (κ3) is 2.65. The molecule has 0 aliphatic carbocycles. The van der Waals surface area contributed by atoms with Crippen LogP contribution in [0.5, 0.6) is 5.75 Å². The van der Waals surface area contributed by atoms with E-state index < -0.39 is 0 Å². The van der Waals surface area contributed by atoms with E-state index in [1.54, 1.807) is 7.11 Å². The molecule has 0 heterocycles. The Kier molecular flexibility index (Phi) is 4.63. The molecule has 0 radical (unpaired) electrons. The predicted molar refractivity (Wildman–Crippen MR) is 85.2 cm³/mol. The first kappa shape index (κ1) is 14.8. The number of nitrogens with two attached hydrogens (primary N) is 1. The Hall–Kier alpha value is -1.58. The van der Waals surface area contributed by atoms with Crippen LogP contribution in [0.1, 0.15) is 25.5 Å². The normalized spacial score (nSPS) is 13.2. The molecule has 0 aliphatic rings. The number of methoxy groups -OCH3 is 1. The second kappa shape index (κ2) is 6.25. The average Bonchev–Trinajstić information content (AvgIpc) is 2.47. The van der Waals surface area contributed by atoms with Gasteiger partial charge in [0.2, 0.25) is 0 Å². The van der Waals surface area contributed by atoms with Gasteiger partial charge < -0.3 is 10.5 Å². The first-order valence-corrected chi connectivity index (χ1v) is 7.07. The van der Waals surface area contributed by atoms with Crippen LogP contribution >= 0.6 is 0 Å². The Balaban J connectivity index is 2.65. The van der Waals surface area contributed by atoms with E-state index in [1.807, 2.05) is 6.07 Å². The quantitative estimate of drug-likeness (QED) is 0.908. The molecule has 3 heteroatoms. The topological polar surface area (TPSA) is 38.5 Å². The molecular weight excluding hydrogens is 248 g/mol. The van der Waals surface area contributed by atoms with Gasteiger partial charge in [-0.2, -0.15) is 0 Å². The summed E-state index contributed by atoms with van der Waals surface area (Å²) in [5.41, 5.74) is 7.25. The van der Waals surface area contributed by atoms with Crippen molar-refractivity contribution in [2.45, 2.75) is 25.9 Å². The second-order valence-corrected chi connectivity index (χ2v) is 5.41. The number of fused-ring (bicyclic) bond motifs is 1. The summed E-state index contributed by atoms with van der Waals surface area (Å²) < 4.78 is 5.58. The minimum atomic E-state index is 0.149. The van der Waals surface area contributed by atoms with Crippen molar-refractivity contribution in [3.63, 3.8) is 0 Å². The monoisotopic (exact) mass is 272 g/mol. The van der Waals surface area contributed by atoms with E-state index in [-0.39, 0.29) is 6.04 Å². The van der Waals surface area contributed by atoms with Crippen LogP contribution in [0.25, 0.3) is 10.8 Å². The summed E-state index contributed by atoms with van der Waals surface area (Å²) in [5.74, 6) is 0.909. The van der Waals surface area contributed by atoms with Gasteiger partial charge in [-0.05, 0) is 37.7 Å². The fourth-order valence-electron chi connectivity index (χ4n) is 2.64. The van der Waals surface area contributed by atoms with Gasteiger partial charge in [0.05, 0.1) is 13.2 Å². The molecule has 0 spiro atoms. The van der Waals surface area contributed by atoms with Gasteiger partial charge in [-0.1, -0.05) is 30.3 Å². The Morgan fingerprint density at radius 1 is 1.15 bits per heavy atom. The van der Waals surface area contributed by atoms with Crippen LogP contribution in [0, 0.1) is 0 Å². The van der Waals surface area contributed by atoms with Crippen molar-refractivity contribution in [3.8, 4) is 5.75 Å². The van der Waals surface area contributed by atoms with E-state index >= 15 is 0 Å². The zero-order valence-electron chi connectivity index (χ0n) is 12.8. The molecule has 0 fully saturated rings. The predicted octanol–water partition coefficient (Wildman–Crippen LogP) is 3.19. The highest BCUT2D eigenvalue weighted by Gasteiger charge is 2.23. The minimum Gasteiger partial charge on any atom is -0.496 e. The first-order chi connectivity index (χ1) is 9.60. The largest absolute Gasteiger partial charge is 0.496 e. The van der Waals surface area contributed by atoms with E-state index in [0.717, 1.165) is 5.75 Å². The number of likely N-dealkylation sites (N-methyl/N-ethyl adjacent to an activating group) is 1. The summed E-state index contributed by atoms with van der Waals surface area (Å²) in [4.78, 5) is 2.30. The van der Waals surface area contributed by atoms with E-state index in [1.165, 1.54) is 16.3 Å². The SMILES string of the molecule is COc1ccc2ccccc2c1C(CN)N(C)C(C)C. The zero-order chi connectivity index (χ0) is 14.7. The molecule has 0 aromatic heterocycles. The maximum atomic E-state index is 6.06. The molecule has 0 saturated heterocycles. The lowest BCUT2D eigenvalue weighted by atomic mass is 9.96. The molecule has 2 aromatic carbocycles. The molecular formula is C17H24N2O. The van der Waals surface area contributed by atoms with Crippen LogP contribution in [0.2, 0.25) is 0 Å². The molecule has 0 aliphatic heterocycles. The number of benzene rings is 2. The van der Waals surface area contributed by atoms with Gasteiger partial charge in [-0.15, -0.1) is 0 Å². The summed E-state index contributed by atoms with van der Waals surface area (Å²) >= 11 is 0. The number of ether oxygens (including phenoxy) is 1. The van der Waals surface area contributed by atoms with Gasteiger partial charge in [-0.3, -0.25) is 4.90 Å². The van der Waals surface area contributed by atoms with Crippen molar-refractivity contribution in [2.75, 3.05) is 20.7 Å². The van der Waals surface area contributed by atoms with Crippen molar-refractivity contribution < 1.29 is 4.74 Å². The van der Waals surface area contributed by atoms with Gasteiger partial charge in [-0.25, -0.2) is 0 Å². The van der Waals surface area contributed by atoms with Gasteiger partial charge in [0.15, 0.2) is 0 Å². The molecule has 108 valence electrons. The van der Waals surface area contributed by atoms with Crippen molar-refractivity contribution in [1.29, 1.82) is 0 Å². The van der Waals surface area contributed by atoms with Gasteiger partial charge >= 0.3 is 0 Å². The van der Waals surface area contributed by atoms with Crippen LogP contribution in [-0.4, -0.2) is 31.6 Å². The Morgan fingerprint density at radius 2 is 1.85 bits per heavy atom. The van der Waals surface area contributed by atoms with Gasteiger partial charge in [0.1, 0.15) is 5.75 Å². The Labute approximate surface area is 121 Å². The highest BCUT2D eigenvalue weighted by Crippen LogP contribution is 2.35. The number of rotatable bonds is 5. The number of nitrogens with zero attached hydrogens (tertiary/aromatic N) is 1. The molecule has 2 N–H and O–H groups in total. The van der Waals surface area contributed by atoms with E-state index in [9.17, 15) is 0 Å². The van der Waals surface area contributed by atoms with Gasteiger partial charge in [0, 0.05) is 18.2 Å². The number of hydrogen-bond donors (Lipinski definition) is 1. The van der Waals surface area contributed by atoms with Crippen LogP contribution in [-0.2, 0) is 0 Å².